The third kappa shape index (κ3) is 4.54. The fourth-order valence-electron chi connectivity index (χ4n) is 3.43. The Kier molecular flexibility index (Phi) is 5.60. The Morgan fingerprint density at radius 1 is 1.38 bits per heavy atom. The van der Waals surface area contributed by atoms with Gasteiger partial charge in [-0.15, -0.1) is 0 Å². The number of nitrogens with two attached hydrogens (primary N) is 1. The van der Waals surface area contributed by atoms with E-state index in [1.165, 1.54) is 0 Å². The monoisotopic (exact) mass is 457 g/mol. The molecule has 2 heterocycles. The zero-order chi connectivity index (χ0) is 26.2. The van der Waals surface area contributed by atoms with Crippen LogP contribution in [0.3, 0.4) is 0 Å². The van der Waals surface area contributed by atoms with Crippen molar-refractivity contribution in [2.24, 2.45) is 0 Å². The number of aromatic nitrogens is 2. The first-order valence-electron chi connectivity index (χ1n) is 11.3. The molecule has 0 radical (unpaired) electrons. The minimum absolute atomic E-state index is 0.213. The summed E-state index contributed by atoms with van der Waals surface area (Å²) in [6.45, 7) is -1.13. The van der Waals surface area contributed by atoms with Crippen molar-refractivity contribution in [2.75, 3.05) is 18.9 Å². The van der Waals surface area contributed by atoms with Crippen LogP contribution in [-0.4, -0.2) is 57.6 Å². The molecule has 8 nitrogen and oxygen atoms in total. The quantitative estimate of drug-likeness (QED) is 0.541. The van der Waals surface area contributed by atoms with Crippen molar-refractivity contribution in [3.05, 3.63) is 41.2 Å². The molecule has 3 rings (SSSR count). The summed E-state index contributed by atoms with van der Waals surface area (Å²) in [5.74, 6) is -0.952. The molecule has 1 aliphatic rings. The topological polar surface area (TPSA) is 131 Å². The Balaban J connectivity index is 2.13. The number of ether oxygens (including phenoxy) is 1. The summed E-state index contributed by atoms with van der Waals surface area (Å²) in [5.41, 5.74) is -0.0219. The molecular formula is C21H25F3N4O4. The van der Waals surface area contributed by atoms with E-state index >= 15 is 0 Å². The lowest BCUT2D eigenvalue weighted by atomic mass is 9.86. The van der Waals surface area contributed by atoms with Crippen LogP contribution in [0.5, 0.6) is 0 Å². The molecule has 0 spiro atoms. The van der Waals surface area contributed by atoms with Gasteiger partial charge in [-0.3, -0.25) is 4.79 Å². The second-order valence-corrected chi connectivity index (χ2v) is 7.55. The molecule has 0 aliphatic carbocycles. The highest BCUT2D eigenvalue weighted by Gasteiger charge is 2.58. The van der Waals surface area contributed by atoms with Gasteiger partial charge < -0.3 is 26.0 Å². The van der Waals surface area contributed by atoms with Crippen LogP contribution in [0.25, 0.3) is 11.3 Å². The fraction of sp³-hybridized carbons (Fsp3) is 0.476. The Labute approximate surface area is 186 Å². The summed E-state index contributed by atoms with van der Waals surface area (Å²) >= 11 is 0. The van der Waals surface area contributed by atoms with Crippen molar-refractivity contribution in [1.82, 2.24) is 15.3 Å². The summed E-state index contributed by atoms with van der Waals surface area (Å²) < 4.78 is 69.8. The first kappa shape index (κ1) is 19.9. The largest absolute Gasteiger partial charge is 0.424 e. The van der Waals surface area contributed by atoms with E-state index in [4.69, 9.17) is 14.6 Å². The molecule has 1 fully saturated rings. The van der Waals surface area contributed by atoms with Gasteiger partial charge in [-0.25, -0.2) is 9.97 Å². The molecule has 32 heavy (non-hydrogen) atoms. The molecule has 2 unspecified atom stereocenters. The number of aliphatic hydroxyl groups is 2. The van der Waals surface area contributed by atoms with E-state index in [9.17, 15) is 28.2 Å². The number of nitrogens with one attached hydrogen (secondary N) is 1. The maximum absolute atomic E-state index is 13.7. The highest BCUT2D eigenvalue weighted by molar-refractivity contribution is 5.97. The molecule has 1 aliphatic heterocycles. The highest BCUT2D eigenvalue weighted by atomic mass is 19.4. The molecule has 1 saturated heterocycles. The average molecular weight is 457 g/mol. The van der Waals surface area contributed by atoms with Gasteiger partial charge in [0.05, 0.1) is 18.0 Å². The number of carbonyl (C=O) groups excluding carboxylic acids is 1. The SMILES string of the molecule is [2H]C([2H])([2H])c1ccc(C(O)(C(C)O)C(F)(F)F)cc1-c1cnc(N)c(C(=O)NC2CCOCC2)n1. The summed E-state index contributed by atoms with van der Waals surface area (Å²) in [6.07, 6.45) is -5.45. The molecule has 2 aromatic rings. The van der Waals surface area contributed by atoms with Gasteiger partial charge in [-0.1, -0.05) is 12.1 Å². The molecule has 1 amide bonds. The maximum Gasteiger partial charge on any atom is 0.424 e. The number of aryl methyl sites for hydroxylation is 1. The number of nitrogens with zero attached hydrogens (tertiary/aromatic N) is 2. The predicted octanol–water partition coefficient (Wildman–Crippen LogP) is 2.07. The number of amides is 1. The normalized spacial score (nSPS) is 19.9. The number of nitrogen functional groups attached to an aromatic ring is 1. The minimum Gasteiger partial charge on any atom is -0.390 e. The highest BCUT2D eigenvalue weighted by Crippen LogP contribution is 2.43. The standard InChI is InChI=1S/C21H25F3N4O4/c1-11-3-4-13(20(31,12(2)29)21(22,23)24)9-15(11)16-10-26-18(25)17(28-16)19(30)27-14-5-7-32-8-6-14/h3-4,9-10,12,14,29,31H,5-8H2,1-2H3,(H2,25,26)(H,27,30)/i1D3. The molecule has 1 aromatic carbocycles. The first-order valence-corrected chi connectivity index (χ1v) is 9.80. The summed E-state index contributed by atoms with van der Waals surface area (Å²) in [6, 6.07) is 2.21. The van der Waals surface area contributed by atoms with Gasteiger partial charge in [-0.05, 0) is 43.8 Å². The summed E-state index contributed by atoms with van der Waals surface area (Å²) in [7, 11) is 0. The van der Waals surface area contributed by atoms with E-state index in [2.05, 4.69) is 15.3 Å². The van der Waals surface area contributed by atoms with Crippen LogP contribution in [0.1, 0.15) is 45.5 Å². The second kappa shape index (κ2) is 9.00. The number of carbonyl (C=O) groups is 1. The predicted molar refractivity (Wildman–Crippen MR) is 110 cm³/mol. The van der Waals surface area contributed by atoms with E-state index in [-0.39, 0.29) is 28.8 Å². The molecule has 11 heteroatoms. The molecule has 1 aromatic heterocycles. The molecule has 5 N–H and O–H groups in total. The van der Waals surface area contributed by atoms with Crippen molar-refractivity contribution < 1.29 is 37.0 Å². The van der Waals surface area contributed by atoms with Crippen LogP contribution in [0, 0.1) is 6.85 Å². The van der Waals surface area contributed by atoms with Gasteiger partial charge >= 0.3 is 6.18 Å². The zero-order valence-electron chi connectivity index (χ0n) is 20.1. The number of anilines is 1. The summed E-state index contributed by atoms with van der Waals surface area (Å²) in [5, 5.41) is 22.9. The molecule has 0 saturated carbocycles. The van der Waals surface area contributed by atoms with Gasteiger partial charge in [0.2, 0.25) is 5.60 Å². The number of alkyl halides is 3. The van der Waals surface area contributed by atoms with Gasteiger partial charge in [0.1, 0.15) is 0 Å². The van der Waals surface area contributed by atoms with Gasteiger partial charge in [-0.2, -0.15) is 13.2 Å². The molecular weight excluding hydrogens is 429 g/mol. The Bertz CT molecular complexity index is 1090. The van der Waals surface area contributed by atoms with Crippen LogP contribution in [-0.2, 0) is 10.3 Å². The van der Waals surface area contributed by atoms with Crippen molar-refractivity contribution in [1.29, 1.82) is 0 Å². The number of hydrogen-bond donors (Lipinski definition) is 4. The van der Waals surface area contributed by atoms with Crippen molar-refractivity contribution in [3.8, 4) is 11.3 Å². The van der Waals surface area contributed by atoms with Crippen LogP contribution in [0.15, 0.2) is 24.4 Å². The van der Waals surface area contributed by atoms with Crippen LogP contribution in [0.2, 0.25) is 0 Å². The van der Waals surface area contributed by atoms with E-state index in [0.29, 0.717) is 26.1 Å². The lowest BCUT2D eigenvalue weighted by Gasteiger charge is -2.33. The summed E-state index contributed by atoms with van der Waals surface area (Å²) in [4.78, 5) is 20.8. The van der Waals surface area contributed by atoms with Crippen molar-refractivity contribution in [2.45, 2.75) is 50.5 Å². The van der Waals surface area contributed by atoms with E-state index in [1.807, 2.05) is 0 Å². The smallest absolute Gasteiger partial charge is 0.390 e. The number of aliphatic hydroxyl groups excluding tert-OH is 1. The van der Waals surface area contributed by atoms with Gasteiger partial charge in [0, 0.05) is 28.9 Å². The maximum atomic E-state index is 13.7. The van der Waals surface area contributed by atoms with E-state index < -0.39 is 41.8 Å². The molecule has 174 valence electrons. The fourth-order valence-corrected chi connectivity index (χ4v) is 3.43. The Morgan fingerprint density at radius 2 is 2.06 bits per heavy atom. The number of hydrogen-bond acceptors (Lipinski definition) is 7. The van der Waals surface area contributed by atoms with Crippen LogP contribution in [0.4, 0.5) is 19.0 Å². The third-order valence-electron chi connectivity index (χ3n) is 5.34. The molecule has 0 bridgehead atoms. The lowest BCUT2D eigenvalue weighted by Crippen LogP contribution is -2.50. The molecule has 2 atom stereocenters. The first-order chi connectivity index (χ1) is 16.2. The van der Waals surface area contributed by atoms with Crippen LogP contribution < -0.4 is 11.1 Å². The number of rotatable bonds is 5. The minimum atomic E-state index is -5.29. The van der Waals surface area contributed by atoms with E-state index in [1.54, 1.807) is 0 Å². The lowest BCUT2D eigenvalue weighted by molar-refractivity contribution is -0.295. The van der Waals surface area contributed by atoms with E-state index in [0.717, 1.165) is 31.3 Å². The van der Waals surface area contributed by atoms with Gasteiger partial charge in [0.15, 0.2) is 11.5 Å². The third-order valence-corrected chi connectivity index (χ3v) is 5.34. The van der Waals surface area contributed by atoms with Crippen molar-refractivity contribution in [3.63, 3.8) is 0 Å². The average Bonchev–Trinajstić information content (AvgIpc) is 2.77. The van der Waals surface area contributed by atoms with Gasteiger partial charge in [0.25, 0.3) is 5.91 Å². The number of halogens is 3. The zero-order valence-corrected chi connectivity index (χ0v) is 17.1. The van der Waals surface area contributed by atoms with Crippen molar-refractivity contribution >= 4 is 11.7 Å². The Hall–Kier alpha value is -2.76. The number of benzene rings is 1. The Morgan fingerprint density at radius 3 is 2.66 bits per heavy atom. The second-order valence-electron chi connectivity index (χ2n) is 7.55. The van der Waals surface area contributed by atoms with Crippen LogP contribution >= 0.6 is 0 Å².